The molecule has 0 amide bonds. The summed E-state index contributed by atoms with van der Waals surface area (Å²) in [5, 5.41) is 13.1. The van der Waals surface area contributed by atoms with Crippen molar-refractivity contribution in [3.8, 4) is 17.7 Å². The molecule has 0 aliphatic heterocycles. The van der Waals surface area contributed by atoms with Crippen molar-refractivity contribution in [1.29, 1.82) is 5.26 Å². The first-order chi connectivity index (χ1) is 9.98. The van der Waals surface area contributed by atoms with E-state index in [0.717, 1.165) is 24.4 Å². The van der Waals surface area contributed by atoms with Gasteiger partial charge in [0.15, 0.2) is 5.82 Å². The largest absolute Gasteiger partial charge is 0.345 e. The molecule has 5 nitrogen and oxygen atoms in total. The predicted octanol–water partition coefficient (Wildman–Crippen LogP) is 3.63. The molecule has 1 fully saturated rings. The highest BCUT2D eigenvalue weighted by Gasteiger charge is 2.30. The molecule has 1 aliphatic carbocycles. The van der Waals surface area contributed by atoms with Crippen LogP contribution in [-0.4, -0.2) is 14.7 Å². The Morgan fingerprint density at radius 3 is 2.71 bits per heavy atom. The van der Waals surface area contributed by atoms with Crippen LogP contribution in [0.3, 0.4) is 0 Å². The van der Waals surface area contributed by atoms with Gasteiger partial charge in [-0.1, -0.05) is 19.0 Å². The number of aromatic nitrogens is 3. The molecule has 0 radical (unpaired) electrons. The maximum atomic E-state index is 8.95. The topological polar surface area (TPSA) is 67.6 Å². The van der Waals surface area contributed by atoms with Crippen molar-refractivity contribution in [2.24, 2.45) is 12.5 Å². The number of hydrogen-bond donors (Lipinski definition) is 0. The second kappa shape index (κ2) is 5.03. The lowest BCUT2D eigenvalue weighted by molar-refractivity contribution is 0.218. The van der Waals surface area contributed by atoms with Gasteiger partial charge in [-0.3, -0.25) is 0 Å². The zero-order chi connectivity index (χ0) is 15.0. The Morgan fingerprint density at radius 2 is 2.10 bits per heavy atom. The van der Waals surface area contributed by atoms with Gasteiger partial charge in [0.2, 0.25) is 0 Å². The van der Waals surface area contributed by atoms with E-state index in [2.05, 4.69) is 30.1 Å². The van der Waals surface area contributed by atoms with Gasteiger partial charge >= 0.3 is 0 Å². The van der Waals surface area contributed by atoms with Crippen LogP contribution in [0.4, 0.5) is 0 Å². The lowest BCUT2D eigenvalue weighted by Crippen LogP contribution is -2.20. The minimum Gasteiger partial charge on any atom is -0.345 e. The van der Waals surface area contributed by atoms with Crippen LogP contribution in [-0.2, 0) is 7.05 Å². The quantitative estimate of drug-likeness (QED) is 0.844. The van der Waals surface area contributed by atoms with Crippen LogP contribution in [0, 0.1) is 16.7 Å². The molecule has 110 valence electrons. The van der Waals surface area contributed by atoms with E-state index in [9.17, 15) is 0 Å². The third-order valence-electron chi connectivity index (χ3n) is 4.50. The van der Waals surface area contributed by atoms with Crippen LogP contribution in [0.1, 0.15) is 56.8 Å². The fourth-order valence-electron chi connectivity index (χ4n) is 3.00. The summed E-state index contributed by atoms with van der Waals surface area (Å²) in [5.74, 6) is 1.70. The van der Waals surface area contributed by atoms with Crippen LogP contribution < -0.4 is 0 Å². The SMILES string of the molecule is Cn1cc(C#N)cc1-c1nc(C2CCC(C)(C)CC2)no1. The molecule has 0 aromatic carbocycles. The Kier molecular flexibility index (Phi) is 3.32. The lowest BCUT2D eigenvalue weighted by Gasteiger charge is -2.32. The Balaban J connectivity index is 1.81. The summed E-state index contributed by atoms with van der Waals surface area (Å²) in [4.78, 5) is 4.55. The molecule has 21 heavy (non-hydrogen) atoms. The lowest BCUT2D eigenvalue weighted by atomic mass is 9.73. The van der Waals surface area contributed by atoms with Crippen molar-refractivity contribution in [3.63, 3.8) is 0 Å². The fourth-order valence-corrected chi connectivity index (χ4v) is 3.00. The van der Waals surface area contributed by atoms with Crippen molar-refractivity contribution in [1.82, 2.24) is 14.7 Å². The van der Waals surface area contributed by atoms with E-state index in [1.54, 1.807) is 12.3 Å². The average molecular weight is 284 g/mol. The molecule has 0 saturated heterocycles. The number of nitriles is 1. The molecule has 1 aliphatic rings. The van der Waals surface area contributed by atoms with Crippen LogP contribution in [0.25, 0.3) is 11.6 Å². The van der Waals surface area contributed by atoms with Gasteiger partial charge in [0.05, 0.1) is 5.56 Å². The Bertz CT molecular complexity index is 679. The smallest absolute Gasteiger partial charge is 0.274 e. The van der Waals surface area contributed by atoms with Crippen LogP contribution in [0.2, 0.25) is 0 Å². The first kappa shape index (κ1) is 13.9. The van der Waals surface area contributed by atoms with Gasteiger partial charge < -0.3 is 9.09 Å². The molecular formula is C16H20N4O. The zero-order valence-corrected chi connectivity index (χ0v) is 12.8. The van der Waals surface area contributed by atoms with Gasteiger partial charge in [-0.2, -0.15) is 10.2 Å². The van der Waals surface area contributed by atoms with E-state index in [1.807, 2.05) is 11.6 Å². The molecule has 2 aromatic heterocycles. The highest BCUT2D eigenvalue weighted by atomic mass is 16.5. The number of rotatable bonds is 2. The first-order valence-corrected chi connectivity index (χ1v) is 7.39. The van der Waals surface area contributed by atoms with Crippen LogP contribution in [0.15, 0.2) is 16.8 Å². The van der Waals surface area contributed by atoms with Crippen LogP contribution >= 0.6 is 0 Å². The summed E-state index contributed by atoms with van der Waals surface area (Å²) in [6.07, 6.45) is 6.39. The third-order valence-corrected chi connectivity index (χ3v) is 4.50. The monoisotopic (exact) mass is 284 g/mol. The molecule has 0 N–H and O–H groups in total. The number of nitrogens with zero attached hydrogens (tertiary/aromatic N) is 4. The molecule has 0 spiro atoms. The zero-order valence-electron chi connectivity index (χ0n) is 12.8. The van der Waals surface area contributed by atoms with Gasteiger partial charge in [-0.15, -0.1) is 0 Å². The van der Waals surface area contributed by atoms with Crippen molar-refractivity contribution in [2.75, 3.05) is 0 Å². The van der Waals surface area contributed by atoms with E-state index in [4.69, 9.17) is 9.78 Å². The molecule has 2 aromatic rings. The Morgan fingerprint density at radius 1 is 1.38 bits per heavy atom. The molecule has 5 heteroatoms. The minimum atomic E-state index is 0.395. The van der Waals surface area contributed by atoms with Gasteiger partial charge in [0, 0.05) is 19.2 Å². The number of hydrogen-bond acceptors (Lipinski definition) is 4. The summed E-state index contributed by atoms with van der Waals surface area (Å²) in [6, 6.07) is 3.91. The fraction of sp³-hybridized carbons (Fsp3) is 0.562. The molecule has 3 rings (SSSR count). The Hall–Kier alpha value is -2.09. The van der Waals surface area contributed by atoms with E-state index in [0.29, 0.717) is 22.8 Å². The van der Waals surface area contributed by atoms with Crippen molar-refractivity contribution in [2.45, 2.75) is 45.4 Å². The van der Waals surface area contributed by atoms with Crippen molar-refractivity contribution < 1.29 is 4.52 Å². The van der Waals surface area contributed by atoms with E-state index < -0.39 is 0 Å². The second-order valence-electron chi connectivity index (χ2n) is 6.73. The van der Waals surface area contributed by atoms with E-state index in [-0.39, 0.29) is 0 Å². The van der Waals surface area contributed by atoms with Crippen molar-refractivity contribution >= 4 is 0 Å². The Labute approximate surface area is 124 Å². The minimum absolute atomic E-state index is 0.395. The first-order valence-electron chi connectivity index (χ1n) is 7.39. The summed E-state index contributed by atoms with van der Waals surface area (Å²) in [5.41, 5.74) is 1.83. The molecule has 0 atom stereocenters. The second-order valence-corrected chi connectivity index (χ2v) is 6.73. The highest BCUT2D eigenvalue weighted by Crippen LogP contribution is 2.41. The molecular weight excluding hydrogens is 264 g/mol. The molecule has 1 saturated carbocycles. The summed E-state index contributed by atoms with van der Waals surface area (Å²) >= 11 is 0. The number of aryl methyl sites for hydroxylation is 1. The molecule has 0 bridgehead atoms. The third kappa shape index (κ3) is 2.71. The average Bonchev–Trinajstić information content (AvgIpc) is 3.05. The summed E-state index contributed by atoms with van der Waals surface area (Å²) < 4.78 is 7.25. The molecule has 2 heterocycles. The van der Waals surface area contributed by atoms with Gasteiger partial charge in [-0.25, -0.2) is 0 Å². The molecule has 0 unspecified atom stereocenters. The van der Waals surface area contributed by atoms with E-state index >= 15 is 0 Å². The predicted molar refractivity (Wildman–Crippen MR) is 78.4 cm³/mol. The van der Waals surface area contributed by atoms with Gasteiger partial charge in [-0.05, 0) is 37.2 Å². The van der Waals surface area contributed by atoms with Crippen molar-refractivity contribution in [3.05, 3.63) is 23.7 Å². The van der Waals surface area contributed by atoms with Crippen LogP contribution in [0.5, 0.6) is 0 Å². The highest BCUT2D eigenvalue weighted by molar-refractivity contribution is 5.52. The maximum Gasteiger partial charge on any atom is 0.274 e. The maximum absolute atomic E-state index is 8.95. The van der Waals surface area contributed by atoms with Gasteiger partial charge in [0.25, 0.3) is 5.89 Å². The summed E-state index contributed by atoms with van der Waals surface area (Å²) in [6.45, 7) is 4.64. The standard InChI is InChI=1S/C16H20N4O/c1-16(2)6-4-12(5-7-16)14-18-15(21-19-14)13-8-11(9-17)10-20(13)3/h8,10,12H,4-7H2,1-3H3. The van der Waals surface area contributed by atoms with E-state index in [1.165, 1.54) is 12.8 Å². The summed E-state index contributed by atoms with van der Waals surface area (Å²) in [7, 11) is 1.88. The van der Waals surface area contributed by atoms with Gasteiger partial charge in [0.1, 0.15) is 11.8 Å². The normalized spacial score (nSPS) is 18.6.